The van der Waals surface area contributed by atoms with E-state index in [1.165, 1.54) is 12.1 Å². The number of hydrogen-bond acceptors (Lipinski definition) is 2. The van der Waals surface area contributed by atoms with Gasteiger partial charge in [0.1, 0.15) is 17.2 Å². The number of carbonyl (C=O) groups is 1. The summed E-state index contributed by atoms with van der Waals surface area (Å²) >= 11 is 0. The fourth-order valence-corrected chi connectivity index (χ4v) is 2.49. The van der Waals surface area contributed by atoms with Gasteiger partial charge in [-0.2, -0.15) is 0 Å². The van der Waals surface area contributed by atoms with Crippen LogP contribution in [0.25, 0.3) is 11.0 Å². The van der Waals surface area contributed by atoms with E-state index in [2.05, 4.69) is 5.32 Å². The van der Waals surface area contributed by atoms with Crippen molar-refractivity contribution in [1.82, 2.24) is 10.2 Å². The summed E-state index contributed by atoms with van der Waals surface area (Å²) in [6, 6.07) is 4.14. The lowest BCUT2D eigenvalue weighted by molar-refractivity contribution is 0.163. The molecule has 0 aliphatic carbocycles. The van der Waals surface area contributed by atoms with Crippen LogP contribution in [0.4, 0.5) is 9.18 Å². The number of nitrogens with zero attached hydrogens (tertiary/aromatic N) is 1. The zero-order chi connectivity index (χ0) is 14.3. The second-order valence-electron chi connectivity index (χ2n) is 5.24. The largest absolute Gasteiger partial charge is 0.459 e. The maximum atomic E-state index is 13.3. The van der Waals surface area contributed by atoms with Crippen LogP contribution in [-0.2, 0) is 0 Å². The molecule has 1 atom stereocenters. The van der Waals surface area contributed by atoms with Gasteiger partial charge in [-0.15, -0.1) is 0 Å². The number of hydrogen-bond donors (Lipinski definition) is 1. The minimum atomic E-state index is -0.287. The quantitative estimate of drug-likeness (QED) is 0.914. The third-order valence-electron chi connectivity index (χ3n) is 3.81. The lowest BCUT2D eigenvalue weighted by Gasteiger charge is -2.31. The highest BCUT2D eigenvalue weighted by atomic mass is 19.1. The number of furan rings is 1. The molecule has 0 unspecified atom stereocenters. The molecule has 20 heavy (non-hydrogen) atoms. The van der Waals surface area contributed by atoms with Crippen molar-refractivity contribution in [3.63, 3.8) is 0 Å². The first-order chi connectivity index (χ1) is 9.56. The number of likely N-dealkylation sites (tertiary alicyclic amines) is 1. The Morgan fingerprint density at radius 1 is 1.45 bits per heavy atom. The summed E-state index contributed by atoms with van der Waals surface area (Å²) in [5.41, 5.74) is 1.51. The highest BCUT2D eigenvalue weighted by Gasteiger charge is 2.24. The Kier molecular flexibility index (Phi) is 3.12. The SMILES string of the molecule is Cc1c([C@@H](C)NC(=O)N2CCC2)oc2ccc(F)cc12. The van der Waals surface area contributed by atoms with Crippen molar-refractivity contribution in [2.24, 2.45) is 0 Å². The van der Waals surface area contributed by atoms with E-state index in [1.807, 2.05) is 13.8 Å². The molecule has 5 heteroatoms. The Hall–Kier alpha value is -2.04. The topological polar surface area (TPSA) is 45.5 Å². The van der Waals surface area contributed by atoms with E-state index in [4.69, 9.17) is 4.42 Å². The highest BCUT2D eigenvalue weighted by Crippen LogP contribution is 2.30. The number of aryl methyl sites for hydroxylation is 1. The molecule has 1 aromatic carbocycles. The smallest absolute Gasteiger partial charge is 0.317 e. The minimum absolute atomic E-state index is 0.0743. The molecule has 2 aromatic rings. The molecule has 3 rings (SSSR count). The first-order valence-electron chi connectivity index (χ1n) is 6.80. The number of urea groups is 1. The number of benzene rings is 1. The first-order valence-corrected chi connectivity index (χ1v) is 6.80. The van der Waals surface area contributed by atoms with E-state index in [9.17, 15) is 9.18 Å². The lowest BCUT2D eigenvalue weighted by atomic mass is 10.1. The zero-order valence-electron chi connectivity index (χ0n) is 11.6. The third kappa shape index (κ3) is 2.13. The fourth-order valence-electron chi connectivity index (χ4n) is 2.49. The van der Waals surface area contributed by atoms with Crippen molar-refractivity contribution >= 4 is 17.0 Å². The second kappa shape index (κ2) is 4.81. The van der Waals surface area contributed by atoms with Crippen molar-refractivity contribution in [2.45, 2.75) is 26.3 Å². The molecule has 2 heterocycles. The summed E-state index contributed by atoms with van der Waals surface area (Å²) in [6.07, 6.45) is 1.06. The summed E-state index contributed by atoms with van der Waals surface area (Å²) < 4.78 is 19.0. The number of carbonyl (C=O) groups excluding carboxylic acids is 1. The summed E-state index contributed by atoms with van der Waals surface area (Å²) in [7, 11) is 0. The van der Waals surface area contributed by atoms with Gasteiger partial charge in [-0.3, -0.25) is 0 Å². The molecule has 2 amide bonds. The first kappa shape index (κ1) is 13.0. The minimum Gasteiger partial charge on any atom is -0.459 e. The van der Waals surface area contributed by atoms with Crippen LogP contribution in [0.3, 0.4) is 0 Å². The van der Waals surface area contributed by atoms with Crippen LogP contribution in [0.5, 0.6) is 0 Å². The van der Waals surface area contributed by atoms with Gasteiger partial charge in [-0.05, 0) is 38.5 Å². The molecule has 1 fully saturated rings. The second-order valence-corrected chi connectivity index (χ2v) is 5.24. The Balaban J connectivity index is 1.85. The molecule has 0 radical (unpaired) electrons. The van der Waals surface area contributed by atoms with Gasteiger partial charge in [0.15, 0.2) is 0 Å². The third-order valence-corrected chi connectivity index (χ3v) is 3.81. The van der Waals surface area contributed by atoms with Crippen LogP contribution in [0.1, 0.15) is 30.7 Å². The lowest BCUT2D eigenvalue weighted by Crippen LogP contribution is -2.48. The number of nitrogens with one attached hydrogen (secondary N) is 1. The van der Waals surface area contributed by atoms with Crippen molar-refractivity contribution in [3.8, 4) is 0 Å². The number of halogens is 1. The molecule has 0 bridgehead atoms. The molecule has 0 spiro atoms. The molecule has 0 saturated carbocycles. The standard InChI is InChI=1S/C15H17FN2O2/c1-9-12-8-11(16)4-5-13(12)20-14(9)10(2)17-15(19)18-6-3-7-18/h4-5,8,10H,3,6-7H2,1-2H3,(H,17,19)/t10-/m1/s1. The van der Waals surface area contributed by atoms with Gasteiger partial charge in [-0.25, -0.2) is 9.18 Å². The van der Waals surface area contributed by atoms with Crippen LogP contribution >= 0.6 is 0 Å². The van der Waals surface area contributed by atoms with Gasteiger partial charge in [0.2, 0.25) is 0 Å². The van der Waals surface area contributed by atoms with Gasteiger partial charge in [0.25, 0.3) is 0 Å². The molecular weight excluding hydrogens is 259 g/mol. The van der Waals surface area contributed by atoms with Gasteiger partial charge in [0.05, 0.1) is 6.04 Å². The van der Waals surface area contributed by atoms with Crippen LogP contribution < -0.4 is 5.32 Å². The Bertz CT molecular complexity index is 661. The molecule has 4 nitrogen and oxygen atoms in total. The van der Waals surface area contributed by atoms with E-state index in [1.54, 1.807) is 11.0 Å². The van der Waals surface area contributed by atoms with E-state index >= 15 is 0 Å². The van der Waals surface area contributed by atoms with E-state index in [0.717, 1.165) is 30.5 Å². The van der Waals surface area contributed by atoms with Crippen molar-refractivity contribution < 1.29 is 13.6 Å². The van der Waals surface area contributed by atoms with Crippen LogP contribution in [0, 0.1) is 12.7 Å². The number of fused-ring (bicyclic) bond motifs is 1. The normalized spacial score (nSPS) is 16.1. The maximum absolute atomic E-state index is 13.3. The molecular formula is C15H17FN2O2. The van der Waals surface area contributed by atoms with Gasteiger partial charge >= 0.3 is 6.03 Å². The van der Waals surface area contributed by atoms with Crippen molar-refractivity contribution in [2.75, 3.05) is 13.1 Å². The summed E-state index contributed by atoms with van der Waals surface area (Å²) in [4.78, 5) is 13.7. The average Bonchev–Trinajstić information content (AvgIpc) is 2.64. The Labute approximate surface area is 116 Å². The molecule has 1 saturated heterocycles. The van der Waals surface area contributed by atoms with E-state index in [0.29, 0.717) is 11.3 Å². The molecule has 1 N–H and O–H groups in total. The highest BCUT2D eigenvalue weighted by molar-refractivity contribution is 5.82. The predicted molar refractivity (Wildman–Crippen MR) is 74.0 cm³/mol. The summed E-state index contributed by atoms with van der Waals surface area (Å²) in [6.45, 7) is 5.37. The number of rotatable bonds is 2. The molecule has 1 aliphatic heterocycles. The van der Waals surface area contributed by atoms with Crippen molar-refractivity contribution in [1.29, 1.82) is 0 Å². The summed E-state index contributed by atoms with van der Waals surface area (Å²) in [5.74, 6) is 0.393. The fraction of sp³-hybridized carbons (Fsp3) is 0.400. The Morgan fingerprint density at radius 3 is 2.85 bits per heavy atom. The monoisotopic (exact) mass is 276 g/mol. The van der Waals surface area contributed by atoms with E-state index in [-0.39, 0.29) is 17.9 Å². The van der Waals surface area contributed by atoms with Gasteiger partial charge < -0.3 is 14.6 Å². The average molecular weight is 276 g/mol. The van der Waals surface area contributed by atoms with Crippen LogP contribution in [0.15, 0.2) is 22.6 Å². The Morgan fingerprint density at radius 2 is 2.20 bits per heavy atom. The molecule has 106 valence electrons. The zero-order valence-corrected chi connectivity index (χ0v) is 11.6. The van der Waals surface area contributed by atoms with E-state index < -0.39 is 0 Å². The van der Waals surface area contributed by atoms with Crippen molar-refractivity contribution in [3.05, 3.63) is 35.3 Å². The summed E-state index contributed by atoms with van der Waals surface area (Å²) in [5, 5.41) is 3.67. The maximum Gasteiger partial charge on any atom is 0.317 e. The predicted octanol–water partition coefficient (Wildman–Crippen LogP) is 3.36. The molecule has 1 aliphatic rings. The van der Waals surface area contributed by atoms with Gasteiger partial charge in [-0.1, -0.05) is 0 Å². The molecule has 1 aromatic heterocycles. The van der Waals surface area contributed by atoms with Crippen LogP contribution in [0.2, 0.25) is 0 Å². The van der Waals surface area contributed by atoms with Gasteiger partial charge in [0, 0.05) is 24.0 Å². The number of amides is 2. The van der Waals surface area contributed by atoms with Crippen LogP contribution in [-0.4, -0.2) is 24.0 Å².